The summed E-state index contributed by atoms with van der Waals surface area (Å²) < 4.78 is 0. The summed E-state index contributed by atoms with van der Waals surface area (Å²) >= 11 is 0. The van der Waals surface area contributed by atoms with Crippen molar-refractivity contribution in [1.82, 2.24) is 5.32 Å². The van der Waals surface area contributed by atoms with Crippen molar-refractivity contribution in [2.24, 2.45) is 11.1 Å². The van der Waals surface area contributed by atoms with Gasteiger partial charge >= 0.3 is 0 Å². The van der Waals surface area contributed by atoms with Gasteiger partial charge in [-0.2, -0.15) is 0 Å². The lowest BCUT2D eigenvalue weighted by molar-refractivity contribution is -0.121. The molecule has 0 bridgehead atoms. The minimum Gasteiger partial charge on any atom is -0.396 e. The number of benzene rings is 1. The molecule has 4 heteroatoms. The highest BCUT2D eigenvalue weighted by Crippen LogP contribution is 2.15. The van der Waals surface area contributed by atoms with Gasteiger partial charge in [-0.15, -0.1) is 0 Å². The zero-order valence-corrected chi connectivity index (χ0v) is 11.7. The largest absolute Gasteiger partial charge is 0.396 e. The lowest BCUT2D eigenvalue weighted by atomic mass is 9.95. The zero-order valence-electron chi connectivity index (χ0n) is 11.7. The highest BCUT2D eigenvalue weighted by molar-refractivity contribution is 5.75. The van der Waals surface area contributed by atoms with Gasteiger partial charge in [-0.3, -0.25) is 4.79 Å². The number of nitrogens with two attached hydrogens (primary N) is 1. The van der Waals surface area contributed by atoms with Crippen LogP contribution in [0.5, 0.6) is 0 Å². The van der Waals surface area contributed by atoms with E-state index in [2.05, 4.69) is 5.32 Å². The van der Waals surface area contributed by atoms with Crippen LogP contribution >= 0.6 is 0 Å². The number of aliphatic hydroxyl groups is 1. The van der Waals surface area contributed by atoms with E-state index in [1.807, 2.05) is 44.2 Å². The first-order valence-corrected chi connectivity index (χ1v) is 6.63. The molecular formula is C15H24N2O2. The fraction of sp³-hybridized carbons (Fsp3) is 0.533. The van der Waals surface area contributed by atoms with Crippen LogP contribution < -0.4 is 11.1 Å². The number of hydrogen-bond acceptors (Lipinski definition) is 3. The Hall–Kier alpha value is -1.39. The van der Waals surface area contributed by atoms with Crippen molar-refractivity contribution in [2.45, 2.75) is 32.7 Å². The molecule has 1 rings (SSSR count). The maximum atomic E-state index is 11.7. The molecule has 0 heterocycles. The molecule has 0 radical (unpaired) electrons. The number of nitrogens with one attached hydrogen (secondary N) is 1. The van der Waals surface area contributed by atoms with E-state index in [-0.39, 0.29) is 24.0 Å². The van der Waals surface area contributed by atoms with Crippen molar-refractivity contribution in [3.63, 3.8) is 0 Å². The Labute approximate surface area is 115 Å². The third-order valence-electron chi connectivity index (χ3n) is 3.10. The summed E-state index contributed by atoms with van der Waals surface area (Å²) in [5.74, 6) is -0.0205. The van der Waals surface area contributed by atoms with E-state index >= 15 is 0 Å². The van der Waals surface area contributed by atoms with E-state index < -0.39 is 0 Å². The van der Waals surface area contributed by atoms with Crippen molar-refractivity contribution < 1.29 is 9.90 Å². The molecular weight excluding hydrogens is 240 g/mol. The van der Waals surface area contributed by atoms with Gasteiger partial charge in [-0.05, 0) is 12.0 Å². The van der Waals surface area contributed by atoms with Gasteiger partial charge in [0.15, 0.2) is 0 Å². The molecule has 1 amide bonds. The van der Waals surface area contributed by atoms with Crippen LogP contribution in [0.15, 0.2) is 30.3 Å². The third-order valence-corrected chi connectivity index (χ3v) is 3.10. The molecule has 0 aliphatic heterocycles. The topological polar surface area (TPSA) is 75.3 Å². The minimum atomic E-state index is -0.281. The van der Waals surface area contributed by atoms with Crippen molar-refractivity contribution in [3.8, 4) is 0 Å². The molecule has 1 aromatic rings. The first-order chi connectivity index (χ1) is 8.94. The van der Waals surface area contributed by atoms with Crippen molar-refractivity contribution in [1.29, 1.82) is 0 Å². The van der Waals surface area contributed by atoms with Crippen LogP contribution in [0.25, 0.3) is 0 Å². The maximum Gasteiger partial charge on any atom is 0.220 e. The van der Waals surface area contributed by atoms with E-state index in [9.17, 15) is 4.79 Å². The predicted molar refractivity (Wildman–Crippen MR) is 76.5 cm³/mol. The lowest BCUT2D eigenvalue weighted by Gasteiger charge is -2.22. The van der Waals surface area contributed by atoms with Gasteiger partial charge in [0, 0.05) is 31.0 Å². The SMILES string of the molecule is CC(C)(CO)CNC(=O)CCC(N)c1ccccc1. The summed E-state index contributed by atoms with van der Waals surface area (Å²) in [5, 5.41) is 11.9. The predicted octanol–water partition coefficient (Wildman–Crippen LogP) is 1.60. The Morgan fingerprint density at radius 1 is 1.37 bits per heavy atom. The molecule has 1 unspecified atom stereocenters. The molecule has 0 aromatic heterocycles. The molecule has 4 N–H and O–H groups in total. The number of amides is 1. The van der Waals surface area contributed by atoms with Gasteiger partial charge in [0.2, 0.25) is 5.91 Å². The Balaban J connectivity index is 2.31. The smallest absolute Gasteiger partial charge is 0.220 e. The first-order valence-electron chi connectivity index (χ1n) is 6.63. The standard InChI is InChI=1S/C15H24N2O2/c1-15(2,11-18)10-17-14(19)9-8-13(16)12-6-4-3-5-7-12/h3-7,13,18H,8-11,16H2,1-2H3,(H,17,19). The second-order valence-corrected chi connectivity index (χ2v) is 5.65. The molecule has 4 nitrogen and oxygen atoms in total. The molecule has 0 aliphatic carbocycles. The molecule has 106 valence electrons. The van der Waals surface area contributed by atoms with Crippen molar-refractivity contribution in [2.75, 3.05) is 13.2 Å². The Morgan fingerprint density at radius 3 is 2.58 bits per heavy atom. The van der Waals surface area contributed by atoms with Gasteiger partial charge in [0.05, 0.1) is 0 Å². The first kappa shape index (κ1) is 15.7. The summed E-state index contributed by atoms with van der Waals surface area (Å²) in [6.07, 6.45) is 1.02. The van der Waals surface area contributed by atoms with E-state index in [0.29, 0.717) is 19.4 Å². The van der Waals surface area contributed by atoms with E-state index in [0.717, 1.165) is 5.56 Å². The van der Waals surface area contributed by atoms with E-state index in [4.69, 9.17) is 10.8 Å². The van der Waals surface area contributed by atoms with E-state index in [1.165, 1.54) is 0 Å². The van der Waals surface area contributed by atoms with Gasteiger partial charge in [-0.1, -0.05) is 44.2 Å². The van der Waals surface area contributed by atoms with Crippen LogP contribution in [0.1, 0.15) is 38.3 Å². The van der Waals surface area contributed by atoms with Crippen LogP contribution in [0.4, 0.5) is 0 Å². The van der Waals surface area contributed by atoms with Gasteiger partial charge in [0.25, 0.3) is 0 Å². The van der Waals surface area contributed by atoms with Crippen LogP contribution in [0, 0.1) is 5.41 Å². The van der Waals surface area contributed by atoms with Crippen LogP contribution in [0.3, 0.4) is 0 Å². The molecule has 0 fully saturated rings. The Morgan fingerprint density at radius 2 is 2.00 bits per heavy atom. The summed E-state index contributed by atoms with van der Waals surface area (Å²) in [6, 6.07) is 9.66. The summed E-state index contributed by atoms with van der Waals surface area (Å²) in [7, 11) is 0. The number of carbonyl (C=O) groups excluding carboxylic acids is 1. The number of hydrogen-bond donors (Lipinski definition) is 3. The Kier molecular flexibility index (Phi) is 5.99. The van der Waals surface area contributed by atoms with Crippen LogP contribution in [-0.2, 0) is 4.79 Å². The summed E-state index contributed by atoms with van der Waals surface area (Å²) in [5.41, 5.74) is 6.80. The van der Waals surface area contributed by atoms with Gasteiger partial charge in [0.1, 0.15) is 0 Å². The second-order valence-electron chi connectivity index (χ2n) is 5.65. The third kappa shape index (κ3) is 5.85. The normalized spacial score (nSPS) is 13.1. The lowest BCUT2D eigenvalue weighted by Crippen LogP contribution is -2.36. The van der Waals surface area contributed by atoms with Crippen LogP contribution in [0.2, 0.25) is 0 Å². The summed E-state index contributed by atoms with van der Waals surface area (Å²) in [4.78, 5) is 11.7. The minimum absolute atomic E-state index is 0.0205. The average molecular weight is 264 g/mol. The zero-order chi connectivity index (χ0) is 14.3. The molecule has 0 saturated heterocycles. The number of aliphatic hydroxyl groups excluding tert-OH is 1. The maximum absolute atomic E-state index is 11.7. The van der Waals surface area contributed by atoms with E-state index in [1.54, 1.807) is 0 Å². The number of rotatable bonds is 7. The second kappa shape index (κ2) is 7.26. The molecule has 19 heavy (non-hydrogen) atoms. The molecule has 0 spiro atoms. The fourth-order valence-electron chi connectivity index (χ4n) is 1.64. The fourth-order valence-corrected chi connectivity index (χ4v) is 1.64. The monoisotopic (exact) mass is 264 g/mol. The van der Waals surface area contributed by atoms with Crippen molar-refractivity contribution in [3.05, 3.63) is 35.9 Å². The van der Waals surface area contributed by atoms with Gasteiger partial charge in [-0.25, -0.2) is 0 Å². The molecule has 1 atom stereocenters. The number of carbonyl (C=O) groups is 1. The molecule has 1 aromatic carbocycles. The highest BCUT2D eigenvalue weighted by atomic mass is 16.3. The average Bonchev–Trinajstić information content (AvgIpc) is 2.43. The van der Waals surface area contributed by atoms with Crippen LogP contribution in [-0.4, -0.2) is 24.2 Å². The highest BCUT2D eigenvalue weighted by Gasteiger charge is 2.17. The van der Waals surface area contributed by atoms with Gasteiger partial charge < -0.3 is 16.2 Å². The Bertz CT molecular complexity index is 390. The summed E-state index contributed by atoms with van der Waals surface area (Å²) in [6.45, 7) is 4.34. The quantitative estimate of drug-likeness (QED) is 0.700. The molecule has 0 aliphatic rings. The molecule has 0 saturated carbocycles. The van der Waals surface area contributed by atoms with Crippen molar-refractivity contribution >= 4 is 5.91 Å².